The number of allylic oxidation sites excluding steroid dienone is 1. The Balaban J connectivity index is 2.22. The number of ketones is 1. The molecule has 0 saturated heterocycles. The smallest absolute Gasteiger partial charge is 0.416 e. The van der Waals surface area contributed by atoms with Crippen LogP contribution in [0.25, 0.3) is 6.08 Å². The molecule has 0 heterocycles. The normalized spacial score (nSPS) is 11.7. The molecule has 0 spiro atoms. The van der Waals surface area contributed by atoms with Gasteiger partial charge in [0.25, 0.3) is 0 Å². The number of ether oxygens (including phenoxy) is 1. The summed E-state index contributed by atoms with van der Waals surface area (Å²) in [5, 5.41) is 0. The van der Waals surface area contributed by atoms with Crippen LogP contribution in [0.5, 0.6) is 5.75 Å². The van der Waals surface area contributed by atoms with Gasteiger partial charge in [0.1, 0.15) is 5.75 Å². The molecule has 2 aromatic carbocycles. The molecule has 0 atom stereocenters. The first-order valence-corrected chi connectivity index (χ1v) is 8.19. The maximum absolute atomic E-state index is 12.7. The third kappa shape index (κ3) is 4.41. The quantitative estimate of drug-likeness (QED) is 0.413. The van der Waals surface area contributed by atoms with Gasteiger partial charge in [-0.25, -0.2) is 0 Å². The number of hydrogen-bond donors (Lipinski definition) is 0. The van der Waals surface area contributed by atoms with E-state index in [0.29, 0.717) is 16.9 Å². The lowest BCUT2D eigenvalue weighted by Gasteiger charge is -2.07. The van der Waals surface area contributed by atoms with Crippen molar-refractivity contribution in [1.29, 1.82) is 0 Å². The van der Waals surface area contributed by atoms with Gasteiger partial charge >= 0.3 is 6.18 Å². The first-order chi connectivity index (χ1) is 11.3. The topological polar surface area (TPSA) is 26.3 Å². The molecule has 2 aromatic rings. The summed E-state index contributed by atoms with van der Waals surface area (Å²) < 4.78 is 43.3. The van der Waals surface area contributed by atoms with Crippen LogP contribution in [0, 0.1) is 0 Å². The van der Waals surface area contributed by atoms with Gasteiger partial charge in [-0.15, -0.1) is 11.8 Å². The van der Waals surface area contributed by atoms with E-state index >= 15 is 0 Å². The van der Waals surface area contributed by atoms with E-state index in [1.54, 1.807) is 18.2 Å². The van der Waals surface area contributed by atoms with Gasteiger partial charge in [0.05, 0.1) is 12.7 Å². The number of alkyl halides is 3. The lowest BCUT2D eigenvalue weighted by Crippen LogP contribution is -2.04. The third-order valence-electron chi connectivity index (χ3n) is 3.31. The third-order valence-corrected chi connectivity index (χ3v) is 4.09. The monoisotopic (exact) mass is 352 g/mol. The number of carbonyl (C=O) groups is 1. The minimum absolute atomic E-state index is 0.307. The Kier molecular flexibility index (Phi) is 5.72. The highest BCUT2D eigenvalue weighted by Crippen LogP contribution is 2.30. The molecule has 126 valence electrons. The second kappa shape index (κ2) is 7.57. The van der Waals surface area contributed by atoms with Crippen LogP contribution in [0.4, 0.5) is 13.2 Å². The molecular formula is C18H15F3O2S. The zero-order valence-electron chi connectivity index (χ0n) is 13.1. The van der Waals surface area contributed by atoms with E-state index in [-0.39, 0.29) is 5.78 Å². The van der Waals surface area contributed by atoms with Crippen molar-refractivity contribution in [2.45, 2.75) is 11.1 Å². The number of benzene rings is 2. The Labute approximate surface area is 142 Å². The Bertz CT molecular complexity index is 767. The Morgan fingerprint density at radius 2 is 1.92 bits per heavy atom. The molecule has 0 amide bonds. The number of rotatable bonds is 5. The molecule has 0 aliphatic rings. The maximum Gasteiger partial charge on any atom is 0.416 e. The van der Waals surface area contributed by atoms with Crippen LogP contribution in [0.3, 0.4) is 0 Å². The van der Waals surface area contributed by atoms with Gasteiger partial charge in [-0.05, 0) is 48.2 Å². The first-order valence-electron chi connectivity index (χ1n) is 6.97. The zero-order valence-corrected chi connectivity index (χ0v) is 13.9. The number of methoxy groups -OCH3 is 1. The summed E-state index contributed by atoms with van der Waals surface area (Å²) in [4.78, 5) is 13.1. The van der Waals surface area contributed by atoms with Gasteiger partial charge < -0.3 is 4.74 Å². The predicted molar refractivity (Wildman–Crippen MR) is 89.6 cm³/mol. The largest absolute Gasteiger partial charge is 0.496 e. The van der Waals surface area contributed by atoms with Crippen LogP contribution >= 0.6 is 11.8 Å². The van der Waals surface area contributed by atoms with Crippen molar-refractivity contribution in [2.24, 2.45) is 0 Å². The van der Waals surface area contributed by atoms with Gasteiger partial charge in [-0.3, -0.25) is 4.79 Å². The van der Waals surface area contributed by atoms with Gasteiger partial charge in [-0.2, -0.15) is 13.2 Å². The van der Waals surface area contributed by atoms with Crippen LogP contribution in [0.1, 0.15) is 21.5 Å². The van der Waals surface area contributed by atoms with Crippen LogP contribution in [-0.2, 0) is 6.18 Å². The summed E-state index contributed by atoms with van der Waals surface area (Å²) >= 11 is 1.49. The van der Waals surface area contributed by atoms with Crippen molar-refractivity contribution in [2.75, 3.05) is 13.4 Å². The number of carbonyl (C=O) groups excluding carboxylic acids is 1. The fraction of sp³-hybridized carbons (Fsp3) is 0.167. The summed E-state index contributed by atoms with van der Waals surface area (Å²) in [5.74, 6) is 0.277. The second-order valence-corrected chi connectivity index (χ2v) is 5.74. The van der Waals surface area contributed by atoms with Crippen molar-refractivity contribution in [1.82, 2.24) is 0 Å². The molecule has 0 bridgehead atoms. The van der Waals surface area contributed by atoms with E-state index in [1.807, 2.05) is 6.26 Å². The lowest BCUT2D eigenvalue weighted by atomic mass is 10.1. The highest BCUT2D eigenvalue weighted by molar-refractivity contribution is 7.98. The first kappa shape index (κ1) is 18.1. The van der Waals surface area contributed by atoms with Crippen LogP contribution in [0.2, 0.25) is 0 Å². The van der Waals surface area contributed by atoms with E-state index < -0.39 is 11.7 Å². The van der Waals surface area contributed by atoms with Crippen molar-refractivity contribution in [3.63, 3.8) is 0 Å². The second-order valence-electron chi connectivity index (χ2n) is 4.89. The van der Waals surface area contributed by atoms with E-state index in [4.69, 9.17) is 4.74 Å². The van der Waals surface area contributed by atoms with E-state index in [9.17, 15) is 18.0 Å². The summed E-state index contributed by atoms with van der Waals surface area (Å²) in [5.41, 5.74) is -0.0261. The van der Waals surface area contributed by atoms with Gasteiger partial charge in [0.2, 0.25) is 0 Å². The number of halogens is 3. The molecule has 0 saturated carbocycles. The van der Waals surface area contributed by atoms with Crippen molar-refractivity contribution in [3.05, 3.63) is 65.2 Å². The van der Waals surface area contributed by atoms with Crippen LogP contribution in [0.15, 0.2) is 53.4 Å². The number of thioether (sulfide) groups is 1. The molecule has 24 heavy (non-hydrogen) atoms. The molecule has 2 nitrogen and oxygen atoms in total. The van der Waals surface area contributed by atoms with Crippen molar-refractivity contribution >= 4 is 23.6 Å². The average Bonchev–Trinajstić information content (AvgIpc) is 2.58. The molecule has 6 heteroatoms. The van der Waals surface area contributed by atoms with Gasteiger partial charge in [0.15, 0.2) is 5.78 Å². The molecule has 0 fully saturated rings. The average molecular weight is 352 g/mol. The zero-order chi connectivity index (χ0) is 17.7. The molecule has 0 N–H and O–H groups in total. The Morgan fingerprint density at radius 1 is 1.17 bits per heavy atom. The fourth-order valence-corrected chi connectivity index (χ4v) is 2.62. The van der Waals surface area contributed by atoms with E-state index in [1.165, 1.54) is 43.2 Å². The standard InChI is InChI=1S/C18H15F3O2S/c1-23-16-11-13(7-9-17(16)24-2)15(22)8-6-12-4-3-5-14(10-12)18(19,20)21/h3-11H,1-2H3/b8-6+. The van der Waals surface area contributed by atoms with Crippen LogP contribution in [-0.4, -0.2) is 19.1 Å². The summed E-state index contributed by atoms with van der Waals surface area (Å²) in [6, 6.07) is 9.86. The molecule has 0 unspecified atom stereocenters. The summed E-state index contributed by atoms with van der Waals surface area (Å²) in [6.45, 7) is 0. The Hall–Kier alpha value is -2.21. The molecule has 0 radical (unpaired) electrons. The molecule has 0 aliphatic heterocycles. The van der Waals surface area contributed by atoms with Crippen molar-refractivity contribution in [3.8, 4) is 5.75 Å². The highest BCUT2D eigenvalue weighted by atomic mass is 32.2. The van der Waals surface area contributed by atoms with Gasteiger partial charge in [-0.1, -0.05) is 18.2 Å². The molecular weight excluding hydrogens is 337 g/mol. The lowest BCUT2D eigenvalue weighted by molar-refractivity contribution is -0.137. The maximum atomic E-state index is 12.7. The predicted octanol–water partition coefficient (Wildman–Crippen LogP) is 5.33. The molecule has 2 rings (SSSR count). The van der Waals surface area contributed by atoms with Crippen molar-refractivity contribution < 1.29 is 22.7 Å². The fourth-order valence-electron chi connectivity index (χ4n) is 2.08. The minimum atomic E-state index is -4.41. The summed E-state index contributed by atoms with van der Waals surface area (Å²) in [7, 11) is 1.52. The van der Waals surface area contributed by atoms with E-state index in [0.717, 1.165) is 17.0 Å². The number of hydrogen-bond acceptors (Lipinski definition) is 3. The molecule has 0 aliphatic carbocycles. The SMILES string of the molecule is COc1cc(C(=O)/C=C/c2cccc(C(F)(F)F)c2)ccc1SC. The highest BCUT2D eigenvalue weighted by Gasteiger charge is 2.30. The Morgan fingerprint density at radius 3 is 2.54 bits per heavy atom. The van der Waals surface area contributed by atoms with Crippen LogP contribution < -0.4 is 4.74 Å². The minimum Gasteiger partial charge on any atom is -0.496 e. The van der Waals surface area contributed by atoms with Gasteiger partial charge in [0, 0.05) is 10.5 Å². The molecule has 0 aromatic heterocycles. The van der Waals surface area contributed by atoms with E-state index in [2.05, 4.69) is 0 Å². The summed E-state index contributed by atoms with van der Waals surface area (Å²) in [6.07, 6.45) is 0.108.